The van der Waals surface area contributed by atoms with Gasteiger partial charge >= 0.3 is 0 Å². The van der Waals surface area contributed by atoms with Crippen molar-refractivity contribution in [2.45, 2.75) is 63.6 Å². The van der Waals surface area contributed by atoms with Gasteiger partial charge in [-0.25, -0.2) is 0 Å². The lowest BCUT2D eigenvalue weighted by molar-refractivity contribution is 0.0791. The molecule has 4 heteroatoms. The molecule has 2 aliphatic carbocycles. The summed E-state index contributed by atoms with van der Waals surface area (Å²) in [5.41, 5.74) is 1.97. The molecule has 1 aliphatic heterocycles. The van der Waals surface area contributed by atoms with Gasteiger partial charge in [-0.1, -0.05) is 19.3 Å². The molecule has 4 rings (SSSR count). The second-order valence-corrected chi connectivity index (χ2v) is 8.19. The standard InChI is InChI=1S/C17H27N3S/c1-2-4-13(5-3-1)16-11-20(10-15-8-18-12-21-15)17(9-19-16)14-6-7-14/h8,12-14,16-17,19H,1-7,9-11H2. The average molecular weight is 305 g/mol. The van der Waals surface area contributed by atoms with Crippen molar-refractivity contribution in [2.75, 3.05) is 13.1 Å². The minimum Gasteiger partial charge on any atom is -0.311 e. The second kappa shape index (κ2) is 6.35. The number of piperazine rings is 1. The monoisotopic (exact) mass is 305 g/mol. The highest BCUT2D eigenvalue weighted by molar-refractivity contribution is 7.09. The fourth-order valence-electron chi connectivity index (χ4n) is 4.35. The lowest BCUT2D eigenvalue weighted by Crippen LogP contribution is -2.59. The zero-order valence-corrected chi connectivity index (χ0v) is 13.7. The van der Waals surface area contributed by atoms with Crippen molar-refractivity contribution < 1.29 is 0 Å². The Kier molecular flexibility index (Phi) is 4.28. The SMILES string of the molecule is c1ncc(CN2CC(C3CCCCC3)NCC2C2CC2)s1. The number of aromatic nitrogens is 1. The molecule has 1 saturated heterocycles. The summed E-state index contributed by atoms with van der Waals surface area (Å²) in [6.07, 6.45) is 12.2. The highest BCUT2D eigenvalue weighted by Crippen LogP contribution is 2.38. The van der Waals surface area contributed by atoms with Crippen molar-refractivity contribution >= 4 is 11.3 Å². The lowest BCUT2D eigenvalue weighted by atomic mass is 9.82. The first-order chi connectivity index (χ1) is 10.4. The number of rotatable bonds is 4. The molecule has 3 aliphatic rings. The summed E-state index contributed by atoms with van der Waals surface area (Å²) < 4.78 is 0. The molecule has 2 unspecified atom stereocenters. The molecule has 0 bridgehead atoms. The Hall–Kier alpha value is -0.450. The van der Waals surface area contributed by atoms with Gasteiger partial charge in [0, 0.05) is 42.8 Å². The Balaban J connectivity index is 1.43. The van der Waals surface area contributed by atoms with Gasteiger partial charge in [-0.05, 0) is 37.5 Å². The van der Waals surface area contributed by atoms with Crippen LogP contribution in [0, 0.1) is 11.8 Å². The number of hydrogen-bond acceptors (Lipinski definition) is 4. The van der Waals surface area contributed by atoms with E-state index in [2.05, 4.69) is 21.4 Å². The quantitative estimate of drug-likeness (QED) is 0.925. The van der Waals surface area contributed by atoms with Gasteiger partial charge in [0.25, 0.3) is 0 Å². The van der Waals surface area contributed by atoms with Crippen molar-refractivity contribution in [1.82, 2.24) is 15.2 Å². The van der Waals surface area contributed by atoms with Crippen molar-refractivity contribution in [1.29, 1.82) is 0 Å². The van der Waals surface area contributed by atoms with Gasteiger partial charge in [0.2, 0.25) is 0 Å². The summed E-state index contributed by atoms with van der Waals surface area (Å²) in [5.74, 6) is 1.88. The third kappa shape index (κ3) is 3.33. The molecule has 2 heterocycles. The molecule has 3 fully saturated rings. The summed E-state index contributed by atoms with van der Waals surface area (Å²) in [4.78, 5) is 8.47. The highest BCUT2D eigenvalue weighted by atomic mass is 32.1. The normalized spacial score (nSPS) is 32.4. The molecular weight excluding hydrogens is 278 g/mol. The van der Waals surface area contributed by atoms with Crippen LogP contribution in [0.15, 0.2) is 11.7 Å². The van der Waals surface area contributed by atoms with E-state index in [1.807, 2.05) is 16.8 Å². The highest BCUT2D eigenvalue weighted by Gasteiger charge is 2.40. The van der Waals surface area contributed by atoms with E-state index in [-0.39, 0.29) is 0 Å². The zero-order chi connectivity index (χ0) is 14.1. The molecule has 1 N–H and O–H groups in total. The van der Waals surface area contributed by atoms with E-state index >= 15 is 0 Å². The van der Waals surface area contributed by atoms with Gasteiger partial charge in [0.05, 0.1) is 5.51 Å². The first kappa shape index (κ1) is 14.2. The maximum atomic E-state index is 4.26. The Morgan fingerprint density at radius 1 is 1.14 bits per heavy atom. The predicted octanol–water partition coefficient (Wildman–Crippen LogP) is 3.28. The Bertz CT molecular complexity index is 437. The number of hydrogen-bond donors (Lipinski definition) is 1. The average Bonchev–Trinajstić information content (AvgIpc) is 3.25. The first-order valence-electron chi connectivity index (χ1n) is 8.75. The van der Waals surface area contributed by atoms with E-state index in [0.717, 1.165) is 30.5 Å². The Morgan fingerprint density at radius 2 is 2.00 bits per heavy atom. The van der Waals surface area contributed by atoms with Crippen molar-refractivity contribution in [3.8, 4) is 0 Å². The molecule has 2 atom stereocenters. The third-order valence-corrected chi connectivity index (χ3v) is 6.48. The van der Waals surface area contributed by atoms with Crippen LogP contribution < -0.4 is 5.32 Å². The first-order valence-corrected chi connectivity index (χ1v) is 9.63. The van der Waals surface area contributed by atoms with Crippen LogP contribution in [0.2, 0.25) is 0 Å². The molecule has 3 nitrogen and oxygen atoms in total. The maximum absolute atomic E-state index is 4.26. The van der Waals surface area contributed by atoms with E-state index in [0.29, 0.717) is 0 Å². The summed E-state index contributed by atoms with van der Waals surface area (Å²) in [6.45, 7) is 3.59. The molecule has 0 radical (unpaired) electrons. The van der Waals surface area contributed by atoms with Crippen molar-refractivity contribution in [3.63, 3.8) is 0 Å². The van der Waals surface area contributed by atoms with Gasteiger partial charge < -0.3 is 5.32 Å². The fourth-order valence-corrected chi connectivity index (χ4v) is 4.97. The molecular formula is C17H27N3S. The van der Waals surface area contributed by atoms with Crippen LogP contribution in [0.5, 0.6) is 0 Å². The van der Waals surface area contributed by atoms with Gasteiger partial charge in [0.1, 0.15) is 0 Å². The van der Waals surface area contributed by atoms with Gasteiger partial charge in [-0.3, -0.25) is 9.88 Å². The van der Waals surface area contributed by atoms with Crippen LogP contribution in [-0.2, 0) is 6.54 Å². The largest absolute Gasteiger partial charge is 0.311 e. The smallest absolute Gasteiger partial charge is 0.0794 e. The van der Waals surface area contributed by atoms with Crippen molar-refractivity contribution in [3.05, 3.63) is 16.6 Å². The molecule has 0 spiro atoms. The molecule has 0 amide bonds. The predicted molar refractivity (Wildman–Crippen MR) is 87.4 cm³/mol. The van der Waals surface area contributed by atoms with E-state index in [4.69, 9.17) is 0 Å². The fraction of sp³-hybridized carbons (Fsp3) is 0.824. The summed E-state index contributed by atoms with van der Waals surface area (Å²) in [6, 6.07) is 1.50. The van der Waals surface area contributed by atoms with Crippen LogP contribution in [0.25, 0.3) is 0 Å². The minimum absolute atomic E-state index is 0.730. The number of thiazole rings is 1. The topological polar surface area (TPSA) is 28.2 Å². The van der Waals surface area contributed by atoms with Crippen LogP contribution in [0.1, 0.15) is 49.8 Å². The van der Waals surface area contributed by atoms with Crippen LogP contribution in [0.3, 0.4) is 0 Å². The van der Waals surface area contributed by atoms with Gasteiger partial charge in [0.15, 0.2) is 0 Å². The second-order valence-electron chi connectivity index (χ2n) is 7.21. The number of nitrogens with one attached hydrogen (secondary N) is 1. The summed E-state index contributed by atoms with van der Waals surface area (Å²) >= 11 is 1.81. The summed E-state index contributed by atoms with van der Waals surface area (Å²) in [7, 11) is 0. The summed E-state index contributed by atoms with van der Waals surface area (Å²) in [5, 5.41) is 3.92. The van der Waals surface area contributed by atoms with Crippen molar-refractivity contribution in [2.24, 2.45) is 11.8 Å². The van der Waals surface area contributed by atoms with Gasteiger partial charge in [-0.2, -0.15) is 0 Å². The van der Waals surface area contributed by atoms with Crippen LogP contribution >= 0.6 is 11.3 Å². The van der Waals surface area contributed by atoms with E-state index in [1.165, 1.54) is 62.9 Å². The zero-order valence-electron chi connectivity index (χ0n) is 12.8. The molecule has 2 saturated carbocycles. The number of nitrogens with zero attached hydrogens (tertiary/aromatic N) is 2. The minimum atomic E-state index is 0.730. The Labute approximate surface area is 132 Å². The van der Waals surface area contributed by atoms with E-state index in [9.17, 15) is 0 Å². The molecule has 1 aromatic heterocycles. The molecule has 21 heavy (non-hydrogen) atoms. The van der Waals surface area contributed by atoms with Gasteiger partial charge in [-0.15, -0.1) is 11.3 Å². The third-order valence-electron chi connectivity index (χ3n) is 5.72. The molecule has 116 valence electrons. The van der Waals surface area contributed by atoms with E-state index < -0.39 is 0 Å². The molecule has 0 aromatic carbocycles. The maximum Gasteiger partial charge on any atom is 0.0794 e. The van der Waals surface area contributed by atoms with Crippen LogP contribution in [0.4, 0.5) is 0 Å². The Morgan fingerprint density at radius 3 is 2.71 bits per heavy atom. The van der Waals surface area contributed by atoms with Crippen LogP contribution in [-0.4, -0.2) is 35.1 Å². The molecule has 1 aromatic rings. The lowest BCUT2D eigenvalue weighted by Gasteiger charge is -2.44. The van der Waals surface area contributed by atoms with E-state index in [1.54, 1.807) is 0 Å².